The van der Waals surface area contributed by atoms with Crippen LogP contribution in [0.3, 0.4) is 0 Å². The third-order valence-electron chi connectivity index (χ3n) is 5.61. The molecular weight excluding hydrogens is 565 g/mol. The minimum atomic E-state index is -3.92. The molecule has 4 rings (SSSR count). The van der Waals surface area contributed by atoms with E-state index in [0.29, 0.717) is 22.0 Å². The van der Waals surface area contributed by atoms with Gasteiger partial charge in [-0.25, -0.2) is 21.2 Å². The van der Waals surface area contributed by atoms with Crippen molar-refractivity contribution in [2.45, 2.75) is 11.4 Å². The molecule has 0 aromatic heterocycles. The van der Waals surface area contributed by atoms with Crippen LogP contribution in [0.15, 0.2) is 102 Å². The standard InChI is InChI=1S/C27H23ClFN3O5S2/c1-38(34,35)32(18-20-4-2-3-5-26(20)28)24-14-6-19(7-15-24)27(33)30-22-12-16-25(17-13-22)39(36,37)31-23-10-8-21(29)9-11-23/h2-17,31H,18H2,1H3,(H,30,33). The highest BCUT2D eigenvalue weighted by molar-refractivity contribution is 7.92. The Morgan fingerprint density at radius 1 is 0.821 bits per heavy atom. The number of carbonyl (C=O) groups excluding carboxylic acids is 1. The number of hydrogen-bond donors (Lipinski definition) is 2. The van der Waals surface area contributed by atoms with Crippen molar-refractivity contribution < 1.29 is 26.0 Å². The molecule has 4 aromatic rings. The van der Waals surface area contributed by atoms with Gasteiger partial charge in [-0.2, -0.15) is 0 Å². The number of hydrogen-bond acceptors (Lipinski definition) is 5. The maximum Gasteiger partial charge on any atom is 0.261 e. The molecule has 1 amide bonds. The molecule has 0 saturated heterocycles. The van der Waals surface area contributed by atoms with Gasteiger partial charge < -0.3 is 5.32 Å². The summed E-state index contributed by atoms with van der Waals surface area (Å²) in [6, 6.07) is 23.3. The van der Waals surface area contributed by atoms with Gasteiger partial charge >= 0.3 is 0 Å². The molecular formula is C27H23ClFN3O5S2. The molecule has 12 heteroatoms. The van der Waals surface area contributed by atoms with E-state index in [4.69, 9.17) is 11.6 Å². The Bertz CT molecular complexity index is 1700. The molecule has 0 saturated carbocycles. The van der Waals surface area contributed by atoms with Gasteiger partial charge in [-0.15, -0.1) is 0 Å². The normalized spacial score (nSPS) is 11.6. The van der Waals surface area contributed by atoms with Gasteiger partial charge in [0, 0.05) is 22.0 Å². The zero-order chi connectivity index (χ0) is 28.2. The van der Waals surface area contributed by atoms with Gasteiger partial charge in [0.1, 0.15) is 5.82 Å². The van der Waals surface area contributed by atoms with Crippen molar-refractivity contribution in [3.05, 3.63) is 119 Å². The van der Waals surface area contributed by atoms with Crippen molar-refractivity contribution in [1.82, 2.24) is 0 Å². The Balaban J connectivity index is 1.45. The monoisotopic (exact) mass is 587 g/mol. The number of sulfonamides is 2. The zero-order valence-corrected chi connectivity index (χ0v) is 22.9. The number of rotatable bonds is 9. The largest absolute Gasteiger partial charge is 0.322 e. The van der Waals surface area contributed by atoms with Crippen LogP contribution in [0.2, 0.25) is 5.02 Å². The van der Waals surface area contributed by atoms with E-state index in [0.717, 1.165) is 18.4 Å². The third kappa shape index (κ3) is 7.14. The molecule has 8 nitrogen and oxygen atoms in total. The Morgan fingerprint density at radius 2 is 1.41 bits per heavy atom. The average Bonchev–Trinajstić information content (AvgIpc) is 2.89. The fraction of sp³-hybridized carbons (Fsp3) is 0.0741. The van der Waals surface area contributed by atoms with Crippen LogP contribution in [0.25, 0.3) is 0 Å². The van der Waals surface area contributed by atoms with Gasteiger partial charge in [0.2, 0.25) is 10.0 Å². The minimum absolute atomic E-state index is 0.0231. The van der Waals surface area contributed by atoms with E-state index in [2.05, 4.69) is 10.0 Å². The lowest BCUT2D eigenvalue weighted by Gasteiger charge is -2.23. The van der Waals surface area contributed by atoms with Crippen molar-refractivity contribution in [3.8, 4) is 0 Å². The molecule has 0 aliphatic rings. The van der Waals surface area contributed by atoms with Crippen LogP contribution >= 0.6 is 11.6 Å². The summed E-state index contributed by atoms with van der Waals surface area (Å²) in [6.07, 6.45) is 1.09. The van der Waals surface area contributed by atoms with E-state index < -0.39 is 31.8 Å². The smallest absolute Gasteiger partial charge is 0.261 e. The van der Waals surface area contributed by atoms with Gasteiger partial charge in [-0.05, 0) is 84.4 Å². The van der Waals surface area contributed by atoms with E-state index in [9.17, 15) is 26.0 Å². The Labute approximate surface area is 231 Å². The number of anilines is 3. The minimum Gasteiger partial charge on any atom is -0.322 e. The molecule has 39 heavy (non-hydrogen) atoms. The van der Waals surface area contributed by atoms with Gasteiger partial charge in [-0.3, -0.25) is 13.8 Å². The first-order valence-electron chi connectivity index (χ1n) is 11.4. The number of nitrogens with zero attached hydrogens (tertiary/aromatic N) is 1. The second-order valence-corrected chi connectivity index (χ2v) is 12.5. The number of nitrogens with one attached hydrogen (secondary N) is 2. The topological polar surface area (TPSA) is 113 Å². The molecule has 0 spiro atoms. The number of carbonyl (C=O) groups is 1. The predicted octanol–water partition coefficient (Wildman–Crippen LogP) is 5.50. The lowest BCUT2D eigenvalue weighted by Crippen LogP contribution is -2.29. The Hall–Kier alpha value is -3.93. The fourth-order valence-electron chi connectivity index (χ4n) is 3.61. The van der Waals surface area contributed by atoms with Crippen LogP contribution in [-0.4, -0.2) is 29.0 Å². The van der Waals surface area contributed by atoms with Crippen LogP contribution in [0.5, 0.6) is 0 Å². The lowest BCUT2D eigenvalue weighted by atomic mass is 10.1. The molecule has 2 N–H and O–H groups in total. The van der Waals surface area contributed by atoms with E-state index in [1.165, 1.54) is 65.0 Å². The fourth-order valence-corrected chi connectivity index (χ4v) is 5.75. The second-order valence-electron chi connectivity index (χ2n) is 8.50. The molecule has 0 aliphatic heterocycles. The Morgan fingerprint density at radius 3 is 2.00 bits per heavy atom. The molecule has 4 aromatic carbocycles. The first kappa shape index (κ1) is 28.1. The summed E-state index contributed by atoms with van der Waals surface area (Å²) in [5, 5.41) is 3.11. The van der Waals surface area contributed by atoms with Crippen molar-refractivity contribution >= 4 is 54.6 Å². The van der Waals surface area contributed by atoms with Crippen molar-refractivity contribution in [1.29, 1.82) is 0 Å². The van der Waals surface area contributed by atoms with E-state index >= 15 is 0 Å². The van der Waals surface area contributed by atoms with Gasteiger partial charge in [0.25, 0.3) is 15.9 Å². The molecule has 0 atom stereocenters. The maximum atomic E-state index is 13.1. The van der Waals surface area contributed by atoms with Crippen LogP contribution in [0.4, 0.5) is 21.5 Å². The van der Waals surface area contributed by atoms with Crippen molar-refractivity contribution in [3.63, 3.8) is 0 Å². The summed E-state index contributed by atoms with van der Waals surface area (Å²) in [5.74, 6) is -0.962. The molecule has 202 valence electrons. The van der Waals surface area contributed by atoms with Gasteiger partial charge in [0.05, 0.1) is 23.4 Å². The molecule has 0 fully saturated rings. The average molecular weight is 588 g/mol. The van der Waals surface area contributed by atoms with Crippen LogP contribution in [0.1, 0.15) is 15.9 Å². The SMILES string of the molecule is CS(=O)(=O)N(Cc1ccccc1Cl)c1ccc(C(=O)Nc2ccc(S(=O)(=O)Nc3ccc(F)cc3)cc2)cc1. The predicted molar refractivity (Wildman–Crippen MR) is 151 cm³/mol. The summed E-state index contributed by atoms with van der Waals surface area (Å²) in [5.41, 5.74) is 1.81. The van der Waals surface area contributed by atoms with Gasteiger partial charge in [0.15, 0.2) is 0 Å². The highest BCUT2D eigenvalue weighted by Crippen LogP contribution is 2.25. The summed E-state index contributed by atoms with van der Waals surface area (Å²) < 4.78 is 66.7. The highest BCUT2D eigenvalue weighted by Gasteiger charge is 2.20. The molecule has 0 bridgehead atoms. The van der Waals surface area contributed by atoms with Crippen LogP contribution < -0.4 is 14.3 Å². The third-order valence-corrected chi connectivity index (χ3v) is 8.52. The molecule has 0 radical (unpaired) electrons. The summed E-state index contributed by atoms with van der Waals surface area (Å²) in [4.78, 5) is 12.7. The molecule has 0 aliphatic carbocycles. The quantitative estimate of drug-likeness (QED) is 0.269. The lowest BCUT2D eigenvalue weighted by molar-refractivity contribution is 0.102. The molecule has 0 heterocycles. The van der Waals surface area contributed by atoms with Crippen molar-refractivity contribution in [2.24, 2.45) is 0 Å². The van der Waals surface area contributed by atoms with E-state index in [-0.39, 0.29) is 22.7 Å². The highest BCUT2D eigenvalue weighted by atomic mass is 35.5. The molecule has 0 unspecified atom stereocenters. The van der Waals surface area contributed by atoms with E-state index in [1.54, 1.807) is 24.3 Å². The number of benzene rings is 4. The Kier molecular flexibility index (Phi) is 8.24. The van der Waals surface area contributed by atoms with Crippen LogP contribution in [0, 0.1) is 5.82 Å². The maximum absolute atomic E-state index is 13.1. The van der Waals surface area contributed by atoms with Crippen LogP contribution in [-0.2, 0) is 26.6 Å². The number of halogens is 2. The van der Waals surface area contributed by atoms with Crippen molar-refractivity contribution in [2.75, 3.05) is 20.6 Å². The zero-order valence-electron chi connectivity index (χ0n) is 20.5. The summed E-state index contributed by atoms with van der Waals surface area (Å²) >= 11 is 6.20. The summed E-state index contributed by atoms with van der Waals surface area (Å²) in [7, 11) is -7.57. The first-order valence-corrected chi connectivity index (χ1v) is 15.1. The van der Waals surface area contributed by atoms with E-state index in [1.807, 2.05) is 0 Å². The second kappa shape index (κ2) is 11.4. The van der Waals surface area contributed by atoms with Gasteiger partial charge in [-0.1, -0.05) is 29.8 Å². The number of amides is 1. The summed E-state index contributed by atoms with van der Waals surface area (Å²) in [6.45, 7) is 0.0231. The first-order chi connectivity index (χ1) is 18.4.